The molecule has 0 aliphatic rings. The molecule has 0 saturated carbocycles. The third-order valence-electron chi connectivity index (χ3n) is 1.18. The third-order valence-corrected chi connectivity index (χ3v) is 3.61. The van der Waals surface area contributed by atoms with Gasteiger partial charge in [0.05, 0.1) is 0 Å². The summed E-state index contributed by atoms with van der Waals surface area (Å²) in [5.74, 6) is 2.91. The van der Waals surface area contributed by atoms with E-state index in [0.717, 1.165) is 5.95 Å². The Morgan fingerprint density at radius 2 is 1.75 bits per heavy atom. The molecular formula is C8H18O2SeSi. The van der Waals surface area contributed by atoms with Crippen LogP contribution < -0.4 is 0 Å². The summed E-state index contributed by atoms with van der Waals surface area (Å²) in [5, 5.41) is 0. The Bertz CT molecular complexity index is 172. The van der Waals surface area contributed by atoms with Crippen LogP contribution in [-0.2, 0) is 9.16 Å². The molecule has 72 valence electrons. The summed E-state index contributed by atoms with van der Waals surface area (Å²) in [5.41, 5.74) is 0. The second-order valence-electron chi connectivity index (χ2n) is 3.47. The van der Waals surface area contributed by atoms with Crippen molar-refractivity contribution in [2.24, 2.45) is 0 Å². The fraction of sp³-hybridized carbons (Fsp3) is 0.750. The Labute approximate surface area is 82.6 Å². The van der Waals surface area contributed by atoms with E-state index in [2.05, 4.69) is 32.4 Å². The molecule has 0 saturated heterocycles. The normalized spacial score (nSPS) is 13.8. The first-order valence-corrected chi connectivity index (χ1v) is 9.86. The van der Waals surface area contributed by atoms with Gasteiger partial charge in [-0.1, -0.05) is 0 Å². The van der Waals surface area contributed by atoms with Crippen molar-refractivity contribution in [3.05, 3.63) is 10.4 Å². The van der Waals surface area contributed by atoms with Gasteiger partial charge in [-0.2, -0.15) is 0 Å². The van der Waals surface area contributed by atoms with E-state index < -0.39 is 8.32 Å². The van der Waals surface area contributed by atoms with Gasteiger partial charge in [0, 0.05) is 0 Å². The van der Waals surface area contributed by atoms with Crippen LogP contribution in [0, 0.1) is 0 Å². The molecule has 0 unspecified atom stereocenters. The van der Waals surface area contributed by atoms with Crippen molar-refractivity contribution in [2.45, 2.75) is 32.4 Å². The van der Waals surface area contributed by atoms with Crippen molar-refractivity contribution in [1.29, 1.82) is 0 Å². The van der Waals surface area contributed by atoms with Crippen LogP contribution in [0.25, 0.3) is 0 Å². The van der Waals surface area contributed by atoms with Crippen LogP contribution in [0.5, 0.6) is 0 Å². The third kappa shape index (κ3) is 4.85. The van der Waals surface area contributed by atoms with Crippen molar-refractivity contribution < 1.29 is 9.16 Å². The van der Waals surface area contributed by atoms with E-state index in [1.165, 1.54) is 4.47 Å². The first-order chi connectivity index (χ1) is 5.40. The molecule has 0 fully saturated rings. The Balaban J connectivity index is 4.38. The first kappa shape index (κ1) is 12.1. The van der Waals surface area contributed by atoms with Crippen molar-refractivity contribution in [3.63, 3.8) is 0 Å². The van der Waals surface area contributed by atoms with Gasteiger partial charge in [0.1, 0.15) is 0 Å². The van der Waals surface area contributed by atoms with Crippen LogP contribution in [0.15, 0.2) is 10.4 Å². The molecule has 0 atom stereocenters. The molecule has 2 nitrogen and oxygen atoms in total. The summed E-state index contributed by atoms with van der Waals surface area (Å²) in [4.78, 5) is 0. The molecule has 12 heavy (non-hydrogen) atoms. The number of ether oxygens (including phenoxy) is 1. The van der Waals surface area contributed by atoms with Gasteiger partial charge in [0.25, 0.3) is 0 Å². The summed E-state index contributed by atoms with van der Waals surface area (Å²) in [6.45, 7) is 8.53. The minimum absolute atomic E-state index is 0.477. The zero-order valence-corrected chi connectivity index (χ0v) is 11.4. The van der Waals surface area contributed by atoms with Crippen LogP contribution in [-0.4, -0.2) is 30.4 Å². The number of allylic oxidation sites excluding steroid dienone is 1. The molecule has 0 aromatic carbocycles. The van der Waals surface area contributed by atoms with Crippen molar-refractivity contribution >= 4 is 23.3 Å². The minimum atomic E-state index is -1.49. The Hall–Kier alpha value is 0.0764. The summed E-state index contributed by atoms with van der Waals surface area (Å²) in [7, 11) is 0.178. The van der Waals surface area contributed by atoms with E-state index in [1.807, 2.05) is 0 Å². The summed E-state index contributed by atoms with van der Waals surface area (Å²) in [6.07, 6.45) is 0. The molecule has 0 N–H and O–H groups in total. The number of hydrogen-bond donors (Lipinski definition) is 0. The second-order valence-corrected chi connectivity index (χ2v) is 10.0. The molecule has 0 aliphatic carbocycles. The van der Waals surface area contributed by atoms with E-state index in [9.17, 15) is 0 Å². The van der Waals surface area contributed by atoms with E-state index in [1.54, 1.807) is 7.11 Å². The first-order valence-electron chi connectivity index (χ1n) is 3.88. The molecule has 0 bridgehead atoms. The maximum atomic E-state index is 5.75. The zero-order valence-electron chi connectivity index (χ0n) is 8.72. The monoisotopic (exact) mass is 254 g/mol. The van der Waals surface area contributed by atoms with Crippen molar-refractivity contribution in [2.75, 3.05) is 7.11 Å². The average Bonchev–Trinajstić information content (AvgIpc) is 1.97. The Kier molecular flexibility index (Phi) is 4.98. The molecule has 0 rings (SSSR count). The van der Waals surface area contributed by atoms with Gasteiger partial charge < -0.3 is 0 Å². The number of methoxy groups -OCH3 is 1. The van der Waals surface area contributed by atoms with Gasteiger partial charge >= 0.3 is 82.4 Å². The van der Waals surface area contributed by atoms with Crippen LogP contribution in [0.1, 0.15) is 6.92 Å². The molecular weight excluding hydrogens is 235 g/mol. The molecule has 0 spiro atoms. The summed E-state index contributed by atoms with van der Waals surface area (Å²) < 4.78 is 12.2. The zero-order chi connectivity index (χ0) is 9.78. The van der Waals surface area contributed by atoms with E-state index >= 15 is 0 Å². The molecule has 4 heteroatoms. The fourth-order valence-corrected chi connectivity index (χ4v) is 2.19. The molecule has 0 heterocycles. The van der Waals surface area contributed by atoms with E-state index in [-0.39, 0.29) is 0 Å². The van der Waals surface area contributed by atoms with Crippen LogP contribution >= 0.6 is 0 Å². The molecule has 0 amide bonds. The molecule has 0 radical (unpaired) electrons. The summed E-state index contributed by atoms with van der Waals surface area (Å²) >= 11 is 0.477. The van der Waals surface area contributed by atoms with Crippen LogP contribution in [0.2, 0.25) is 25.5 Å². The van der Waals surface area contributed by atoms with Gasteiger partial charge in [-0.3, -0.25) is 0 Å². The average molecular weight is 253 g/mol. The number of rotatable bonds is 4. The van der Waals surface area contributed by atoms with Gasteiger partial charge in [0.15, 0.2) is 0 Å². The fourth-order valence-electron chi connectivity index (χ4n) is 0.619. The van der Waals surface area contributed by atoms with Gasteiger partial charge in [0.2, 0.25) is 0 Å². The molecule has 0 aromatic heterocycles. The predicted molar refractivity (Wildman–Crippen MR) is 55.8 cm³/mol. The van der Waals surface area contributed by atoms with Crippen LogP contribution in [0.3, 0.4) is 0 Å². The molecule has 0 aromatic rings. The second kappa shape index (κ2) is 4.95. The standard InChI is InChI=1S/C8H18O2SeSi/c1-7(11-3)8(9-2)10-12(4,5)6/h1-6H3/b8-7+. The number of hydrogen-bond acceptors (Lipinski definition) is 2. The topological polar surface area (TPSA) is 18.5 Å². The Morgan fingerprint density at radius 1 is 1.25 bits per heavy atom. The molecule has 0 aliphatic heterocycles. The predicted octanol–water partition coefficient (Wildman–Crippen LogP) is 2.43. The van der Waals surface area contributed by atoms with E-state index in [0.29, 0.717) is 15.0 Å². The maximum absolute atomic E-state index is 5.75. The SMILES string of the molecule is CO/C(O[Si](C)(C)C)=C(/C)[Se]C. The quantitative estimate of drug-likeness (QED) is 0.566. The van der Waals surface area contributed by atoms with Gasteiger partial charge in [-0.25, -0.2) is 0 Å². The van der Waals surface area contributed by atoms with Crippen LogP contribution in [0.4, 0.5) is 0 Å². The van der Waals surface area contributed by atoms with Crippen molar-refractivity contribution in [1.82, 2.24) is 0 Å². The Morgan fingerprint density at radius 3 is 2.00 bits per heavy atom. The summed E-state index contributed by atoms with van der Waals surface area (Å²) in [6, 6.07) is 0. The van der Waals surface area contributed by atoms with Gasteiger partial charge in [-0.15, -0.1) is 0 Å². The van der Waals surface area contributed by atoms with Crippen molar-refractivity contribution in [3.8, 4) is 0 Å². The van der Waals surface area contributed by atoms with Gasteiger partial charge in [-0.05, 0) is 0 Å². The van der Waals surface area contributed by atoms with E-state index in [4.69, 9.17) is 9.16 Å².